The van der Waals surface area contributed by atoms with E-state index in [9.17, 15) is 4.79 Å². The molecule has 2 N–H and O–H groups in total. The first-order valence-corrected chi connectivity index (χ1v) is 4.78. The van der Waals surface area contributed by atoms with Gasteiger partial charge in [0.1, 0.15) is 11.1 Å². The number of aliphatic hydroxyl groups is 1. The van der Waals surface area contributed by atoms with Crippen molar-refractivity contribution in [1.29, 1.82) is 0 Å². The zero-order valence-electron chi connectivity index (χ0n) is 7.57. The van der Waals surface area contributed by atoms with Crippen LogP contribution in [0.1, 0.15) is 16.8 Å². The van der Waals surface area contributed by atoms with Gasteiger partial charge in [-0.3, -0.25) is 4.79 Å². The maximum atomic E-state index is 10.9. The van der Waals surface area contributed by atoms with Crippen LogP contribution in [0.3, 0.4) is 0 Å². The maximum Gasteiger partial charge on any atom is 0.248 e. The molecule has 1 atom stereocenters. The van der Waals surface area contributed by atoms with Crippen LogP contribution < -0.4 is 5.32 Å². The summed E-state index contributed by atoms with van der Waals surface area (Å²) in [6.45, 7) is 3.78. The van der Waals surface area contributed by atoms with Crippen molar-refractivity contribution in [1.82, 2.24) is 10.3 Å². The number of amides is 1. The molecule has 0 saturated heterocycles. The molecule has 0 aliphatic rings. The predicted octanol–water partition coefficient (Wildman–Crippen LogP) is 0.449. The highest BCUT2D eigenvalue weighted by Gasteiger charge is 2.08. The number of nitrogens with zero attached hydrogens (tertiary/aromatic N) is 1. The smallest absolute Gasteiger partial charge is 0.248 e. The van der Waals surface area contributed by atoms with E-state index in [1.807, 2.05) is 6.92 Å². The van der Waals surface area contributed by atoms with Crippen molar-refractivity contribution in [3.05, 3.63) is 16.1 Å². The minimum Gasteiger partial charge on any atom is -0.384 e. The summed E-state index contributed by atoms with van der Waals surface area (Å²) in [6.07, 6.45) is 0.801. The van der Waals surface area contributed by atoms with Crippen molar-refractivity contribution in [2.75, 3.05) is 0 Å². The second-order valence-electron chi connectivity index (χ2n) is 2.76. The van der Waals surface area contributed by atoms with E-state index in [1.54, 1.807) is 6.20 Å². The van der Waals surface area contributed by atoms with E-state index >= 15 is 0 Å². The van der Waals surface area contributed by atoms with E-state index in [2.05, 4.69) is 10.3 Å². The Morgan fingerprint density at radius 3 is 3.00 bits per heavy atom. The molecule has 0 spiro atoms. The molecule has 0 unspecified atom stereocenters. The highest BCUT2D eigenvalue weighted by molar-refractivity contribution is 7.11. The first-order valence-electron chi connectivity index (χ1n) is 3.96. The van der Waals surface area contributed by atoms with Crippen molar-refractivity contribution in [3.63, 3.8) is 0 Å². The number of aryl methyl sites for hydroxylation is 1. The number of thiazole rings is 1. The van der Waals surface area contributed by atoms with Gasteiger partial charge in [0.15, 0.2) is 0 Å². The number of carbonyl (C=O) groups is 1. The second-order valence-corrected chi connectivity index (χ2v) is 4.08. The van der Waals surface area contributed by atoms with Gasteiger partial charge in [-0.05, 0) is 13.8 Å². The molecule has 13 heavy (non-hydrogen) atoms. The average Bonchev–Trinajstić information content (AvgIpc) is 2.47. The van der Waals surface area contributed by atoms with E-state index < -0.39 is 6.10 Å². The molecule has 0 bridgehead atoms. The van der Waals surface area contributed by atoms with Crippen molar-refractivity contribution < 1.29 is 9.90 Å². The van der Waals surface area contributed by atoms with Crippen molar-refractivity contribution in [2.45, 2.75) is 26.5 Å². The SMILES string of the molecule is Cc1cnc(CNC(=O)[C@H](C)O)s1. The quantitative estimate of drug-likeness (QED) is 0.744. The summed E-state index contributed by atoms with van der Waals surface area (Å²) in [5.41, 5.74) is 0. The fourth-order valence-corrected chi connectivity index (χ4v) is 1.52. The summed E-state index contributed by atoms with van der Waals surface area (Å²) >= 11 is 1.53. The Bertz CT molecular complexity index is 296. The predicted molar refractivity (Wildman–Crippen MR) is 50.4 cm³/mol. The van der Waals surface area contributed by atoms with Gasteiger partial charge in [0.25, 0.3) is 0 Å². The number of hydrogen-bond donors (Lipinski definition) is 2. The van der Waals surface area contributed by atoms with Crippen LogP contribution in [0.5, 0.6) is 0 Å². The van der Waals surface area contributed by atoms with Crippen LogP contribution in [0.25, 0.3) is 0 Å². The lowest BCUT2D eigenvalue weighted by Crippen LogP contribution is -2.31. The molecule has 0 fully saturated rings. The van der Waals surface area contributed by atoms with Gasteiger partial charge in [0.05, 0.1) is 6.54 Å². The third kappa shape index (κ3) is 3.12. The standard InChI is InChI=1S/C8H12N2O2S/c1-5-3-9-7(13-5)4-10-8(12)6(2)11/h3,6,11H,4H2,1-2H3,(H,10,12)/t6-/m0/s1. The molecule has 1 heterocycles. The average molecular weight is 200 g/mol. The number of aliphatic hydroxyl groups excluding tert-OH is 1. The largest absolute Gasteiger partial charge is 0.384 e. The Hall–Kier alpha value is -0.940. The third-order valence-corrected chi connectivity index (χ3v) is 2.38. The fraction of sp³-hybridized carbons (Fsp3) is 0.500. The Morgan fingerprint density at radius 2 is 2.54 bits per heavy atom. The highest BCUT2D eigenvalue weighted by Crippen LogP contribution is 2.10. The van der Waals surface area contributed by atoms with Gasteiger partial charge in [-0.1, -0.05) is 0 Å². The summed E-state index contributed by atoms with van der Waals surface area (Å²) < 4.78 is 0. The molecule has 0 aliphatic carbocycles. The Labute approximate surface area is 80.6 Å². The third-order valence-electron chi connectivity index (χ3n) is 1.46. The summed E-state index contributed by atoms with van der Waals surface area (Å²) in [6, 6.07) is 0. The fourth-order valence-electron chi connectivity index (χ4n) is 0.794. The molecule has 1 aromatic heterocycles. The molecule has 0 aliphatic heterocycles. The van der Waals surface area contributed by atoms with Crippen LogP contribution in [0.15, 0.2) is 6.20 Å². The maximum absolute atomic E-state index is 10.9. The molecule has 1 aromatic rings. The van der Waals surface area contributed by atoms with Crippen LogP contribution in [0.2, 0.25) is 0 Å². The van der Waals surface area contributed by atoms with E-state index in [0.29, 0.717) is 6.54 Å². The van der Waals surface area contributed by atoms with Crippen LogP contribution in [0.4, 0.5) is 0 Å². The van der Waals surface area contributed by atoms with Gasteiger partial charge >= 0.3 is 0 Å². The van der Waals surface area contributed by atoms with Gasteiger partial charge in [-0.2, -0.15) is 0 Å². The van der Waals surface area contributed by atoms with Crippen molar-refractivity contribution >= 4 is 17.2 Å². The normalized spacial score (nSPS) is 12.5. The molecule has 1 rings (SSSR count). The van der Waals surface area contributed by atoms with E-state index in [1.165, 1.54) is 18.3 Å². The van der Waals surface area contributed by atoms with E-state index in [-0.39, 0.29) is 5.91 Å². The molecule has 0 aromatic carbocycles. The number of hydrogen-bond acceptors (Lipinski definition) is 4. The molecular weight excluding hydrogens is 188 g/mol. The van der Waals surface area contributed by atoms with Crippen molar-refractivity contribution in [2.24, 2.45) is 0 Å². The van der Waals surface area contributed by atoms with Gasteiger partial charge in [0, 0.05) is 11.1 Å². The van der Waals surface area contributed by atoms with E-state index in [4.69, 9.17) is 5.11 Å². The minimum absolute atomic E-state index is 0.368. The second kappa shape index (κ2) is 4.34. The minimum atomic E-state index is -0.957. The summed E-state index contributed by atoms with van der Waals surface area (Å²) in [5, 5.41) is 12.3. The molecule has 0 saturated carbocycles. The topological polar surface area (TPSA) is 62.2 Å². The van der Waals surface area contributed by atoms with Crippen LogP contribution in [0, 0.1) is 6.92 Å². The lowest BCUT2D eigenvalue weighted by molar-refractivity contribution is -0.128. The number of carbonyl (C=O) groups excluding carboxylic acids is 1. The first kappa shape index (κ1) is 10.1. The Balaban J connectivity index is 2.39. The van der Waals surface area contributed by atoms with Gasteiger partial charge in [0.2, 0.25) is 5.91 Å². The lowest BCUT2D eigenvalue weighted by atomic mass is 10.4. The van der Waals surface area contributed by atoms with Crippen molar-refractivity contribution in [3.8, 4) is 0 Å². The number of rotatable bonds is 3. The Morgan fingerprint density at radius 1 is 1.85 bits per heavy atom. The lowest BCUT2D eigenvalue weighted by Gasteiger charge is -2.03. The number of aromatic nitrogens is 1. The van der Waals surface area contributed by atoms with Gasteiger partial charge in [-0.15, -0.1) is 11.3 Å². The number of nitrogens with one attached hydrogen (secondary N) is 1. The molecule has 1 amide bonds. The zero-order chi connectivity index (χ0) is 9.84. The van der Waals surface area contributed by atoms with Crippen LogP contribution >= 0.6 is 11.3 Å². The van der Waals surface area contributed by atoms with Crippen LogP contribution in [-0.4, -0.2) is 22.1 Å². The van der Waals surface area contributed by atoms with E-state index in [0.717, 1.165) is 9.88 Å². The highest BCUT2D eigenvalue weighted by atomic mass is 32.1. The Kier molecular flexibility index (Phi) is 3.39. The molecule has 5 heteroatoms. The molecule has 0 radical (unpaired) electrons. The molecular formula is C8H12N2O2S. The summed E-state index contributed by atoms with van der Waals surface area (Å²) in [7, 11) is 0. The summed E-state index contributed by atoms with van der Waals surface area (Å²) in [4.78, 5) is 16.1. The zero-order valence-corrected chi connectivity index (χ0v) is 8.39. The molecule has 72 valence electrons. The molecule has 4 nitrogen and oxygen atoms in total. The first-order chi connectivity index (χ1) is 6.09. The van der Waals surface area contributed by atoms with Gasteiger partial charge in [-0.25, -0.2) is 4.98 Å². The summed E-state index contributed by atoms with van der Waals surface area (Å²) in [5.74, 6) is -0.368. The van der Waals surface area contributed by atoms with Gasteiger partial charge < -0.3 is 10.4 Å². The van der Waals surface area contributed by atoms with Crippen LogP contribution in [-0.2, 0) is 11.3 Å². The monoisotopic (exact) mass is 200 g/mol.